The van der Waals surface area contributed by atoms with Crippen molar-refractivity contribution in [3.05, 3.63) is 45.7 Å². The maximum atomic E-state index is 12.4. The number of hydrogen-bond acceptors (Lipinski definition) is 3. The van der Waals surface area contributed by atoms with Crippen molar-refractivity contribution in [1.82, 2.24) is 4.98 Å². The molecule has 0 aliphatic rings. The van der Waals surface area contributed by atoms with E-state index in [1.165, 1.54) is 4.90 Å². The molecule has 0 atom stereocenters. The molecule has 128 valence electrons. The van der Waals surface area contributed by atoms with E-state index < -0.39 is 11.7 Å². The van der Waals surface area contributed by atoms with Gasteiger partial charge in [-0.2, -0.15) is 0 Å². The standard InChI is InChI=1S/C17H17Cl3N2O2/c1-17(2,3)24-16(23)22(4)14-8-15(20)21-9-12(14)11-6-5-10(18)7-13(11)19/h5-9H,1-4H3. The summed E-state index contributed by atoms with van der Waals surface area (Å²) in [5.74, 6) is 0. The highest BCUT2D eigenvalue weighted by molar-refractivity contribution is 6.36. The second-order valence-corrected chi connectivity index (χ2v) is 7.42. The number of carbonyl (C=O) groups is 1. The van der Waals surface area contributed by atoms with Gasteiger partial charge < -0.3 is 4.74 Å². The smallest absolute Gasteiger partial charge is 0.414 e. The van der Waals surface area contributed by atoms with Gasteiger partial charge >= 0.3 is 6.09 Å². The molecule has 2 rings (SSSR count). The molecule has 1 heterocycles. The van der Waals surface area contributed by atoms with Crippen LogP contribution in [0.5, 0.6) is 0 Å². The Morgan fingerprint density at radius 3 is 2.38 bits per heavy atom. The summed E-state index contributed by atoms with van der Waals surface area (Å²) in [7, 11) is 1.60. The first-order valence-electron chi connectivity index (χ1n) is 7.16. The molecule has 0 aliphatic heterocycles. The number of anilines is 1. The fraction of sp³-hybridized carbons (Fsp3) is 0.294. The zero-order chi connectivity index (χ0) is 18.1. The molecule has 0 saturated heterocycles. The number of rotatable bonds is 2. The number of ether oxygens (including phenoxy) is 1. The summed E-state index contributed by atoms with van der Waals surface area (Å²) < 4.78 is 5.40. The highest BCUT2D eigenvalue weighted by atomic mass is 35.5. The Balaban J connectivity index is 2.50. The van der Waals surface area contributed by atoms with E-state index in [0.29, 0.717) is 26.9 Å². The van der Waals surface area contributed by atoms with Gasteiger partial charge in [-0.1, -0.05) is 40.9 Å². The van der Waals surface area contributed by atoms with Crippen molar-refractivity contribution in [1.29, 1.82) is 0 Å². The number of aromatic nitrogens is 1. The molecule has 2 aromatic rings. The molecule has 0 aliphatic carbocycles. The number of nitrogens with zero attached hydrogens (tertiary/aromatic N) is 2. The summed E-state index contributed by atoms with van der Waals surface area (Å²) in [6.45, 7) is 5.40. The van der Waals surface area contributed by atoms with Crippen LogP contribution in [-0.4, -0.2) is 23.7 Å². The molecule has 1 aromatic carbocycles. The highest BCUT2D eigenvalue weighted by Gasteiger charge is 2.23. The lowest BCUT2D eigenvalue weighted by Gasteiger charge is -2.26. The van der Waals surface area contributed by atoms with Gasteiger partial charge in [-0.3, -0.25) is 4.90 Å². The number of pyridine rings is 1. The molecule has 4 nitrogen and oxygen atoms in total. The number of halogens is 3. The number of hydrogen-bond donors (Lipinski definition) is 0. The van der Waals surface area contributed by atoms with Gasteiger partial charge in [-0.15, -0.1) is 0 Å². The fourth-order valence-corrected chi connectivity index (χ4v) is 2.70. The van der Waals surface area contributed by atoms with Crippen molar-refractivity contribution in [3.8, 4) is 11.1 Å². The van der Waals surface area contributed by atoms with Gasteiger partial charge in [0.25, 0.3) is 0 Å². The summed E-state index contributed by atoms with van der Waals surface area (Å²) in [4.78, 5) is 17.8. The van der Waals surface area contributed by atoms with E-state index in [0.717, 1.165) is 0 Å². The molecule has 0 N–H and O–H groups in total. The van der Waals surface area contributed by atoms with Crippen LogP contribution in [0.25, 0.3) is 11.1 Å². The minimum atomic E-state index is -0.611. The largest absolute Gasteiger partial charge is 0.443 e. The van der Waals surface area contributed by atoms with Gasteiger partial charge in [0.05, 0.1) is 10.7 Å². The van der Waals surface area contributed by atoms with Crippen LogP contribution in [0, 0.1) is 0 Å². The minimum Gasteiger partial charge on any atom is -0.443 e. The molecule has 0 saturated carbocycles. The van der Waals surface area contributed by atoms with Gasteiger partial charge in [0.1, 0.15) is 10.8 Å². The van der Waals surface area contributed by atoms with Gasteiger partial charge in [-0.05, 0) is 32.9 Å². The number of carbonyl (C=O) groups excluding carboxylic acids is 1. The van der Waals surface area contributed by atoms with Crippen LogP contribution in [0.2, 0.25) is 15.2 Å². The highest BCUT2D eigenvalue weighted by Crippen LogP contribution is 2.37. The Morgan fingerprint density at radius 1 is 1.12 bits per heavy atom. The van der Waals surface area contributed by atoms with Crippen LogP contribution >= 0.6 is 34.8 Å². The second-order valence-electron chi connectivity index (χ2n) is 6.19. The third-order valence-corrected chi connectivity index (χ3v) is 3.85. The molecule has 0 spiro atoms. The first kappa shape index (κ1) is 18.8. The summed E-state index contributed by atoms with van der Waals surface area (Å²) in [5.41, 5.74) is 1.26. The van der Waals surface area contributed by atoms with Crippen LogP contribution in [0.4, 0.5) is 10.5 Å². The zero-order valence-electron chi connectivity index (χ0n) is 13.7. The lowest BCUT2D eigenvalue weighted by Crippen LogP contribution is -2.34. The Bertz CT molecular complexity index is 773. The molecule has 1 amide bonds. The first-order valence-corrected chi connectivity index (χ1v) is 8.29. The summed E-state index contributed by atoms with van der Waals surface area (Å²) >= 11 is 18.2. The quantitative estimate of drug-likeness (QED) is 0.586. The van der Waals surface area contributed by atoms with Crippen molar-refractivity contribution in [2.45, 2.75) is 26.4 Å². The van der Waals surface area contributed by atoms with Crippen molar-refractivity contribution < 1.29 is 9.53 Å². The van der Waals surface area contributed by atoms with E-state index in [4.69, 9.17) is 39.5 Å². The van der Waals surface area contributed by atoms with Crippen molar-refractivity contribution in [3.63, 3.8) is 0 Å². The Kier molecular flexibility index (Phi) is 5.63. The fourth-order valence-electron chi connectivity index (χ4n) is 2.04. The molecule has 0 bridgehead atoms. The minimum absolute atomic E-state index is 0.259. The third kappa shape index (κ3) is 4.53. The zero-order valence-corrected chi connectivity index (χ0v) is 16.0. The SMILES string of the molecule is CN(C(=O)OC(C)(C)C)c1cc(Cl)ncc1-c1ccc(Cl)cc1Cl. The number of amides is 1. The van der Waals surface area contributed by atoms with Crippen LogP contribution < -0.4 is 4.90 Å². The normalized spacial score (nSPS) is 11.3. The van der Waals surface area contributed by atoms with Crippen LogP contribution in [0.3, 0.4) is 0 Å². The van der Waals surface area contributed by atoms with E-state index >= 15 is 0 Å². The van der Waals surface area contributed by atoms with Crippen molar-refractivity contribution >= 4 is 46.6 Å². The maximum Gasteiger partial charge on any atom is 0.414 e. The Morgan fingerprint density at radius 2 is 1.79 bits per heavy atom. The topological polar surface area (TPSA) is 42.4 Å². The molecule has 0 radical (unpaired) electrons. The molecule has 7 heteroatoms. The monoisotopic (exact) mass is 386 g/mol. The predicted octanol–water partition coefficient (Wildman–Crippen LogP) is 6.08. The van der Waals surface area contributed by atoms with E-state index in [1.807, 2.05) is 0 Å². The summed E-state index contributed by atoms with van der Waals surface area (Å²) in [5, 5.41) is 1.23. The molecule has 24 heavy (non-hydrogen) atoms. The van der Waals surface area contributed by atoms with E-state index in [1.54, 1.807) is 58.3 Å². The van der Waals surface area contributed by atoms with E-state index in [-0.39, 0.29) is 5.15 Å². The third-order valence-electron chi connectivity index (χ3n) is 3.10. The molecular formula is C17H17Cl3N2O2. The van der Waals surface area contributed by atoms with Gasteiger partial charge in [-0.25, -0.2) is 9.78 Å². The molecule has 0 unspecified atom stereocenters. The molecule has 0 fully saturated rings. The first-order chi connectivity index (χ1) is 11.1. The van der Waals surface area contributed by atoms with Crippen LogP contribution in [0.15, 0.2) is 30.5 Å². The van der Waals surface area contributed by atoms with Crippen LogP contribution in [0.1, 0.15) is 20.8 Å². The Hall–Kier alpha value is -1.49. The van der Waals surface area contributed by atoms with Gasteiger partial charge in [0.2, 0.25) is 0 Å². The van der Waals surface area contributed by atoms with Gasteiger partial charge in [0, 0.05) is 35.5 Å². The molecule has 1 aromatic heterocycles. The van der Waals surface area contributed by atoms with Gasteiger partial charge in [0.15, 0.2) is 0 Å². The lowest BCUT2D eigenvalue weighted by atomic mass is 10.1. The maximum absolute atomic E-state index is 12.4. The lowest BCUT2D eigenvalue weighted by molar-refractivity contribution is 0.0589. The second kappa shape index (κ2) is 7.18. The average molecular weight is 388 g/mol. The summed E-state index contributed by atoms with van der Waals surface area (Å²) in [6, 6.07) is 6.70. The Labute approximate surface area is 156 Å². The van der Waals surface area contributed by atoms with E-state index in [2.05, 4.69) is 4.98 Å². The van der Waals surface area contributed by atoms with Crippen molar-refractivity contribution in [2.75, 3.05) is 11.9 Å². The number of benzene rings is 1. The van der Waals surface area contributed by atoms with E-state index in [9.17, 15) is 4.79 Å². The van der Waals surface area contributed by atoms with Crippen molar-refractivity contribution in [2.24, 2.45) is 0 Å². The average Bonchev–Trinajstić information content (AvgIpc) is 2.45. The predicted molar refractivity (Wildman–Crippen MR) is 99.3 cm³/mol. The molecular weight excluding hydrogens is 371 g/mol. The summed E-state index contributed by atoms with van der Waals surface area (Å²) in [6.07, 6.45) is 1.06. The van der Waals surface area contributed by atoms with Crippen LogP contribution in [-0.2, 0) is 4.74 Å².